The van der Waals surface area contributed by atoms with Gasteiger partial charge in [0.15, 0.2) is 12.1 Å². The fraction of sp³-hybridized carbons (Fsp3) is 0.933. The number of likely N-dealkylation sites (N-methyl/N-ethyl adjacent to an activating group) is 2. The van der Waals surface area contributed by atoms with E-state index in [4.69, 9.17) is 18.9 Å². The van der Waals surface area contributed by atoms with E-state index in [9.17, 15) is 14.7 Å². The Bertz CT molecular complexity index is 825. The van der Waals surface area contributed by atoms with Crippen molar-refractivity contribution in [2.75, 3.05) is 68.1 Å². The second-order valence-electron chi connectivity index (χ2n) is 13.3. The van der Waals surface area contributed by atoms with Gasteiger partial charge in [-0.15, -0.1) is 0 Å². The molecule has 2 heterocycles. The Kier molecular flexibility index (Phi) is 13.0. The first-order valence-corrected chi connectivity index (χ1v) is 14.8. The van der Waals surface area contributed by atoms with Crippen LogP contribution in [0.5, 0.6) is 0 Å². The van der Waals surface area contributed by atoms with Crippen LogP contribution in [0.1, 0.15) is 60.8 Å². The highest BCUT2D eigenvalue weighted by Gasteiger charge is 2.51. The monoisotopic (exact) mass is 571 g/mol. The topological polar surface area (TPSA) is 101 Å². The van der Waals surface area contributed by atoms with Crippen molar-refractivity contribution in [3.63, 3.8) is 0 Å². The Labute approximate surface area is 242 Å². The molecule has 0 bridgehead atoms. The number of Topliss-reactive ketones (excluding diaryl/α,β-unsaturated/α-hetero) is 1. The second-order valence-corrected chi connectivity index (χ2v) is 13.3. The van der Waals surface area contributed by atoms with Crippen LogP contribution in [-0.4, -0.2) is 136 Å². The average Bonchev–Trinajstić information content (AvgIpc) is 2.86. The number of aliphatic hydroxyl groups excluding tert-OH is 1. The maximum atomic E-state index is 14.0. The molecule has 0 aromatic carbocycles. The van der Waals surface area contributed by atoms with Gasteiger partial charge in [-0.25, -0.2) is 0 Å². The van der Waals surface area contributed by atoms with E-state index in [1.807, 2.05) is 39.9 Å². The number of ether oxygens (including phenoxy) is 4. The standard InChI is InChI=1S/C30H57N3O7/c1-20-18-30(6,37-11)26(40-27-24(34)23(31(7)8)17-21(2)39-27)22(3)25(35)29(4,5)28(36)38-16-15-32(9)13-12-14-33(10)19-20/h20-24,26-27,34H,12-19H2,1-11H3/t20-,21-,22+,23+,24-,26-,27+,30-/m1/s1. The molecule has 0 spiro atoms. The van der Waals surface area contributed by atoms with Crippen LogP contribution in [0.3, 0.4) is 0 Å². The maximum absolute atomic E-state index is 14.0. The lowest BCUT2D eigenvalue weighted by Crippen LogP contribution is -2.59. The number of hydrogen-bond donors (Lipinski definition) is 1. The summed E-state index contributed by atoms with van der Waals surface area (Å²) in [6, 6.07) is -0.166. The second kappa shape index (κ2) is 14.8. The van der Waals surface area contributed by atoms with Gasteiger partial charge in [-0.2, -0.15) is 0 Å². The van der Waals surface area contributed by atoms with Gasteiger partial charge in [0.25, 0.3) is 0 Å². The minimum atomic E-state index is -1.39. The van der Waals surface area contributed by atoms with Crippen LogP contribution in [-0.2, 0) is 28.5 Å². The van der Waals surface area contributed by atoms with Crippen molar-refractivity contribution in [2.45, 2.75) is 97.0 Å². The van der Waals surface area contributed by atoms with Crippen molar-refractivity contribution in [3.05, 3.63) is 0 Å². The molecule has 8 atom stereocenters. The molecule has 0 aromatic heterocycles. The first-order valence-electron chi connectivity index (χ1n) is 14.8. The number of nitrogens with zero attached hydrogens (tertiary/aromatic N) is 3. The van der Waals surface area contributed by atoms with E-state index in [1.54, 1.807) is 27.9 Å². The Morgan fingerprint density at radius 2 is 1.65 bits per heavy atom. The number of hydrogen-bond acceptors (Lipinski definition) is 10. The third kappa shape index (κ3) is 8.93. The summed E-state index contributed by atoms with van der Waals surface area (Å²) >= 11 is 0. The number of rotatable bonds is 4. The molecule has 2 aliphatic heterocycles. The van der Waals surface area contributed by atoms with Crippen molar-refractivity contribution < 1.29 is 33.6 Å². The first kappa shape index (κ1) is 35.1. The van der Waals surface area contributed by atoms with E-state index in [1.165, 1.54) is 0 Å². The molecule has 2 fully saturated rings. The number of carbonyl (C=O) groups excluding carboxylic acids is 2. The molecular formula is C30H57N3O7. The van der Waals surface area contributed by atoms with E-state index >= 15 is 0 Å². The van der Waals surface area contributed by atoms with Gasteiger partial charge in [-0.1, -0.05) is 13.8 Å². The van der Waals surface area contributed by atoms with Crippen LogP contribution in [0.15, 0.2) is 0 Å². The van der Waals surface area contributed by atoms with Gasteiger partial charge in [0, 0.05) is 32.2 Å². The van der Waals surface area contributed by atoms with Gasteiger partial charge in [-0.3, -0.25) is 9.59 Å². The predicted octanol–water partition coefficient (Wildman–Crippen LogP) is 2.27. The summed E-state index contributed by atoms with van der Waals surface area (Å²) in [4.78, 5) is 33.6. The summed E-state index contributed by atoms with van der Waals surface area (Å²) in [5.41, 5.74) is -2.29. The van der Waals surface area contributed by atoms with Gasteiger partial charge >= 0.3 is 5.97 Å². The molecule has 0 aromatic rings. The summed E-state index contributed by atoms with van der Waals surface area (Å²) in [6.07, 6.45) is -0.555. The quantitative estimate of drug-likeness (QED) is 0.400. The fourth-order valence-corrected chi connectivity index (χ4v) is 6.29. The van der Waals surface area contributed by atoms with E-state index in [0.717, 1.165) is 26.1 Å². The molecule has 2 rings (SSSR count). The lowest BCUT2D eigenvalue weighted by molar-refractivity contribution is -0.295. The molecule has 234 valence electrons. The van der Waals surface area contributed by atoms with E-state index in [0.29, 0.717) is 19.4 Å². The third-order valence-electron chi connectivity index (χ3n) is 8.78. The average molecular weight is 572 g/mol. The summed E-state index contributed by atoms with van der Waals surface area (Å²) < 4.78 is 24.5. The molecular weight excluding hydrogens is 514 g/mol. The van der Waals surface area contributed by atoms with Crippen LogP contribution >= 0.6 is 0 Å². The Morgan fingerprint density at radius 3 is 2.25 bits per heavy atom. The zero-order chi connectivity index (χ0) is 30.4. The van der Waals surface area contributed by atoms with Gasteiger partial charge in [0.1, 0.15) is 18.1 Å². The molecule has 40 heavy (non-hydrogen) atoms. The number of aliphatic hydroxyl groups is 1. The molecule has 0 aliphatic carbocycles. The van der Waals surface area contributed by atoms with Crippen LogP contribution in [0.4, 0.5) is 0 Å². The lowest BCUT2D eigenvalue weighted by Gasteiger charge is -2.47. The number of ketones is 1. The molecule has 2 saturated heterocycles. The van der Waals surface area contributed by atoms with Crippen LogP contribution in [0, 0.1) is 17.3 Å². The Hall–Kier alpha value is -1.14. The normalized spacial score (nSPS) is 38.7. The number of cyclic esters (lactones) is 1. The molecule has 0 unspecified atom stereocenters. The highest BCUT2D eigenvalue weighted by molar-refractivity contribution is 6.04. The Morgan fingerprint density at radius 1 is 1.02 bits per heavy atom. The highest BCUT2D eigenvalue weighted by atomic mass is 16.7. The molecule has 0 radical (unpaired) electrons. The van der Waals surface area contributed by atoms with E-state index in [-0.39, 0.29) is 30.5 Å². The molecule has 0 amide bonds. The van der Waals surface area contributed by atoms with Gasteiger partial charge < -0.3 is 38.8 Å². The highest BCUT2D eigenvalue weighted by Crippen LogP contribution is 2.38. The van der Waals surface area contributed by atoms with Gasteiger partial charge in [-0.05, 0) is 94.2 Å². The van der Waals surface area contributed by atoms with Crippen molar-refractivity contribution in [1.29, 1.82) is 0 Å². The van der Waals surface area contributed by atoms with E-state index < -0.39 is 41.4 Å². The van der Waals surface area contributed by atoms with E-state index in [2.05, 4.69) is 23.8 Å². The van der Waals surface area contributed by atoms with Crippen LogP contribution < -0.4 is 0 Å². The number of methoxy groups -OCH3 is 1. The molecule has 10 heteroatoms. The van der Waals surface area contributed by atoms with Crippen molar-refractivity contribution in [2.24, 2.45) is 17.3 Å². The minimum Gasteiger partial charge on any atom is -0.464 e. The Balaban J connectivity index is 2.48. The summed E-state index contributed by atoms with van der Waals surface area (Å²) in [5, 5.41) is 11.3. The van der Waals surface area contributed by atoms with Crippen molar-refractivity contribution >= 4 is 11.8 Å². The molecule has 0 saturated carbocycles. The maximum Gasteiger partial charge on any atom is 0.319 e. The van der Waals surface area contributed by atoms with Crippen molar-refractivity contribution in [1.82, 2.24) is 14.7 Å². The number of esters is 1. The molecule has 1 N–H and O–H groups in total. The molecule has 2 aliphatic rings. The summed E-state index contributed by atoms with van der Waals surface area (Å²) in [5.74, 6) is -1.37. The molecule has 10 nitrogen and oxygen atoms in total. The zero-order valence-electron chi connectivity index (χ0n) is 26.9. The minimum absolute atomic E-state index is 0.145. The largest absolute Gasteiger partial charge is 0.464 e. The third-order valence-corrected chi connectivity index (χ3v) is 8.78. The lowest BCUT2D eigenvalue weighted by atomic mass is 9.74. The van der Waals surface area contributed by atoms with Crippen molar-refractivity contribution in [3.8, 4) is 0 Å². The zero-order valence-corrected chi connectivity index (χ0v) is 26.9. The fourth-order valence-electron chi connectivity index (χ4n) is 6.29. The summed E-state index contributed by atoms with van der Waals surface area (Å²) in [6.45, 7) is 14.6. The first-order chi connectivity index (χ1) is 18.5. The van der Waals surface area contributed by atoms with Gasteiger partial charge in [0.05, 0.1) is 17.8 Å². The SMILES string of the molecule is CO[C@]1(C)C[C@@H](C)CN(C)CCCN(C)CCOC(=O)C(C)(C)C(=O)[C@H](C)[C@H]1O[C@@H]1O[C@H](C)C[C@H](N(C)C)[C@H]1O. The smallest absolute Gasteiger partial charge is 0.319 e. The predicted molar refractivity (Wildman–Crippen MR) is 155 cm³/mol. The summed E-state index contributed by atoms with van der Waals surface area (Å²) in [7, 11) is 9.61. The van der Waals surface area contributed by atoms with Gasteiger partial charge in [0.2, 0.25) is 0 Å². The van der Waals surface area contributed by atoms with Crippen LogP contribution in [0.2, 0.25) is 0 Å². The number of carbonyl (C=O) groups is 2. The van der Waals surface area contributed by atoms with Crippen LogP contribution in [0.25, 0.3) is 0 Å².